The first-order chi connectivity index (χ1) is 20.3. The van der Waals surface area contributed by atoms with Gasteiger partial charge in [0, 0.05) is 26.1 Å². The van der Waals surface area contributed by atoms with Crippen molar-refractivity contribution in [3.05, 3.63) is 29.8 Å². The molecule has 0 aromatic heterocycles. The Morgan fingerprint density at radius 2 is 1.81 bits per heavy atom. The molecule has 2 heterocycles. The molecule has 0 saturated carbocycles. The van der Waals surface area contributed by atoms with Gasteiger partial charge in [0.05, 0.1) is 18.0 Å². The van der Waals surface area contributed by atoms with E-state index < -0.39 is 59.6 Å². The summed E-state index contributed by atoms with van der Waals surface area (Å²) in [6.07, 6.45) is 1.40. The molecule has 3 atom stereocenters. The highest BCUT2D eigenvalue weighted by Crippen LogP contribution is 2.19. The van der Waals surface area contributed by atoms with Gasteiger partial charge in [0.2, 0.25) is 29.5 Å². The molecule has 0 aliphatic carbocycles. The highest BCUT2D eigenvalue weighted by Gasteiger charge is 2.36. The van der Waals surface area contributed by atoms with E-state index in [-0.39, 0.29) is 36.3 Å². The van der Waals surface area contributed by atoms with Crippen LogP contribution in [0.1, 0.15) is 70.7 Å². The summed E-state index contributed by atoms with van der Waals surface area (Å²) in [7, 11) is 0. The number of amides is 6. The smallest absolute Gasteiger partial charge is 0.255 e. The fourth-order valence-corrected chi connectivity index (χ4v) is 4.86. The van der Waals surface area contributed by atoms with Crippen LogP contribution in [0.2, 0.25) is 0 Å². The number of hydrogen-bond donors (Lipinski definition) is 5. The standard InChI is InChI=1S/C30H44N6O7/c1-18(2)25-28(41)32-19(3)17-43-22-11-7-6-10-20(22)26(39)33-21(16-23(37)35-30(4,5)29(42)34-25)27(40)31-13-9-15-36-14-8-12-24(36)38/h6-7,10-11,18-19,21,25H,8-9,12-17H2,1-5H3,(H,31,40)(H,32,41)(H,33,39)(H,34,42)(H,35,37)/t19-,21-,25+/m0/s1. The first-order valence-electron chi connectivity index (χ1n) is 14.8. The van der Waals surface area contributed by atoms with Crippen LogP contribution in [0.4, 0.5) is 0 Å². The average Bonchev–Trinajstić information content (AvgIpc) is 3.35. The minimum Gasteiger partial charge on any atom is -0.491 e. The van der Waals surface area contributed by atoms with Crippen LogP contribution in [0.15, 0.2) is 24.3 Å². The van der Waals surface area contributed by atoms with Gasteiger partial charge in [0.25, 0.3) is 5.91 Å². The maximum Gasteiger partial charge on any atom is 0.255 e. The number of ether oxygens (including phenoxy) is 1. The van der Waals surface area contributed by atoms with Gasteiger partial charge in [0.1, 0.15) is 30.0 Å². The van der Waals surface area contributed by atoms with Crippen molar-refractivity contribution in [1.29, 1.82) is 0 Å². The molecular formula is C30H44N6O7. The number of carbonyl (C=O) groups is 6. The highest BCUT2D eigenvalue weighted by molar-refractivity contribution is 6.01. The van der Waals surface area contributed by atoms with E-state index in [0.717, 1.165) is 6.42 Å². The summed E-state index contributed by atoms with van der Waals surface area (Å²) in [6.45, 7) is 9.75. The first kappa shape index (κ1) is 33.3. The number of hydrogen-bond acceptors (Lipinski definition) is 7. The van der Waals surface area contributed by atoms with E-state index in [4.69, 9.17) is 4.74 Å². The third-order valence-electron chi connectivity index (χ3n) is 7.35. The van der Waals surface area contributed by atoms with Gasteiger partial charge in [-0.25, -0.2) is 0 Å². The van der Waals surface area contributed by atoms with Gasteiger partial charge in [-0.2, -0.15) is 0 Å². The lowest BCUT2D eigenvalue weighted by molar-refractivity contribution is -0.136. The highest BCUT2D eigenvalue weighted by atomic mass is 16.5. The second-order valence-electron chi connectivity index (χ2n) is 11.9. The molecule has 2 aliphatic heterocycles. The monoisotopic (exact) mass is 600 g/mol. The van der Waals surface area contributed by atoms with E-state index in [1.165, 1.54) is 19.9 Å². The second-order valence-corrected chi connectivity index (χ2v) is 11.9. The van der Waals surface area contributed by atoms with Crippen molar-refractivity contribution >= 4 is 35.4 Å². The molecule has 1 fully saturated rings. The molecule has 1 saturated heterocycles. The Bertz CT molecular complexity index is 1220. The van der Waals surface area contributed by atoms with Gasteiger partial charge in [-0.3, -0.25) is 28.8 Å². The normalized spacial score (nSPS) is 23.7. The number of rotatable bonds is 6. The van der Waals surface area contributed by atoms with Gasteiger partial charge in [0.15, 0.2) is 0 Å². The minimum atomic E-state index is -1.44. The van der Waals surface area contributed by atoms with Crippen molar-refractivity contribution in [3.8, 4) is 5.75 Å². The molecule has 13 nitrogen and oxygen atoms in total. The van der Waals surface area contributed by atoms with Crippen LogP contribution in [-0.2, 0) is 24.0 Å². The van der Waals surface area contributed by atoms with Crippen LogP contribution >= 0.6 is 0 Å². The third kappa shape index (κ3) is 9.42. The Balaban J connectivity index is 1.83. The van der Waals surface area contributed by atoms with Gasteiger partial charge in [-0.1, -0.05) is 26.0 Å². The molecular weight excluding hydrogens is 556 g/mol. The van der Waals surface area contributed by atoms with Gasteiger partial charge in [-0.05, 0) is 51.7 Å². The first-order valence-corrected chi connectivity index (χ1v) is 14.8. The summed E-state index contributed by atoms with van der Waals surface area (Å²) in [5.41, 5.74) is -1.29. The zero-order chi connectivity index (χ0) is 31.7. The Morgan fingerprint density at radius 1 is 1.09 bits per heavy atom. The number of benzene rings is 1. The van der Waals surface area contributed by atoms with E-state index in [9.17, 15) is 28.8 Å². The minimum absolute atomic E-state index is 0.0315. The van der Waals surface area contributed by atoms with E-state index in [2.05, 4.69) is 26.6 Å². The molecule has 0 bridgehead atoms. The third-order valence-corrected chi connectivity index (χ3v) is 7.35. The van der Waals surface area contributed by atoms with Crippen molar-refractivity contribution in [2.75, 3.05) is 26.2 Å². The number of nitrogens with one attached hydrogen (secondary N) is 5. The molecule has 13 heteroatoms. The topological polar surface area (TPSA) is 175 Å². The molecule has 2 aliphatic rings. The van der Waals surface area contributed by atoms with Crippen LogP contribution in [0.3, 0.4) is 0 Å². The Labute approximate surface area is 252 Å². The Hall–Kier alpha value is -4.16. The van der Waals surface area contributed by atoms with Crippen molar-refractivity contribution in [3.63, 3.8) is 0 Å². The Morgan fingerprint density at radius 3 is 2.49 bits per heavy atom. The molecule has 43 heavy (non-hydrogen) atoms. The average molecular weight is 601 g/mol. The maximum atomic E-state index is 13.4. The van der Waals surface area contributed by atoms with Crippen molar-refractivity contribution in [2.24, 2.45) is 5.92 Å². The predicted molar refractivity (Wildman–Crippen MR) is 158 cm³/mol. The number of likely N-dealkylation sites (tertiary alicyclic amines) is 1. The van der Waals surface area contributed by atoms with Crippen LogP contribution in [0, 0.1) is 5.92 Å². The van der Waals surface area contributed by atoms with Gasteiger partial charge < -0.3 is 36.2 Å². The number of carbonyl (C=O) groups excluding carboxylic acids is 6. The summed E-state index contributed by atoms with van der Waals surface area (Å²) >= 11 is 0. The lowest BCUT2D eigenvalue weighted by Crippen LogP contribution is -2.61. The van der Waals surface area contributed by atoms with E-state index >= 15 is 0 Å². The molecule has 6 amide bonds. The zero-order valence-electron chi connectivity index (χ0n) is 25.6. The summed E-state index contributed by atoms with van der Waals surface area (Å²) < 4.78 is 5.87. The molecule has 5 N–H and O–H groups in total. The van der Waals surface area contributed by atoms with Crippen LogP contribution in [-0.4, -0.2) is 90.2 Å². The van der Waals surface area contributed by atoms with E-state index in [1.54, 1.807) is 43.9 Å². The molecule has 0 unspecified atom stereocenters. The molecule has 3 rings (SSSR count). The largest absolute Gasteiger partial charge is 0.491 e. The fraction of sp³-hybridized carbons (Fsp3) is 0.600. The van der Waals surface area contributed by atoms with Gasteiger partial charge >= 0.3 is 0 Å². The molecule has 0 radical (unpaired) electrons. The SMILES string of the molecule is CC(C)[C@H]1NC(=O)C(C)(C)NC(=O)C[C@@H](C(=O)NCCCN2CCCC2=O)NC(=O)c2ccccc2OC[C@H](C)NC1=O. The van der Waals surface area contributed by atoms with Crippen LogP contribution in [0.25, 0.3) is 0 Å². The molecule has 1 aromatic carbocycles. The van der Waals surface area contributed by atoms with Crippen molar-refractivity contribution < 1.29 is 33.5 Å². The summed E-state index contributed by atoms with van der Waals surface area (Å²) in [5, 5.41) is 13.6. The summed E-state index contributed by atoms with van der Waals surface area (Å²) in [4.78, 5) is 79.6. The predicted octanol–water partition coefficient (Wildman–Crippen LogP) is 0.237. The maximum absolute atomic E-state index is 13.4. The van der Waals surface area contributed by atoms with Gasteiger partial charge in [-0.15, -0.1) is 0 Å². The molecule has 0 spiro atoms. The lowest BCUT2D eigenvalue weighted by atomic mass is 9.98. The lowest BCUT2D eigenvalue weighted by Gasteiger charge is -2.30. The quantitative estimate of drug-likeness (QED) is 0.291. The number of nitrogens with zero attached hydrogens (tertiary/aromatic N) is 1. The molecule has 236 valence electrons. The fourth-order valence-electron chi connectivity index (χ4n) is 4.86. The number of para-hydroxylation sites is 1. The van der Waals surface area contributed by atoms with E-state index in [0.29, 0.717) is 25.9 Å². The second kappa shape index (κ2) is 14.8. The van der Waals surface area contributed by atoms with Crippen LogP contribution < -0.4 is 31.3 Å². The zero-order valence-corrected chi connectivity index (χ0v) is 25.6. The summed E-state index contributed by atoms with van der Waals surface area (Å²) in [6, 6.07) is 3.83. The van der Waals surface area contributed by atoms with Crippen molar-refractivity contribution in [1.82, 2.24) is 31.5 Å². The van der Waals surface area contributed by atoms with Crippen molar-refractivity contribution in [2.45, 2.75) is 84.0 Å². The Kier molecular flexibility index (Phi) is 11.5. The number of fused-ring (bicyclic) bond motifs is 1. The van der Waals surface area contributed by atoms with E-state index in [1.807, 2.05) is 0 Å². The van der Waals surface area contributed by atoms with Crippen LogP contribution in [0.5, 0.6) is 5.75 Å². The molecule has 1 aromatic rings. The summed E-state index contributed by atoms with van der Waals surface area (Å²) in [5.74, 6) is -2.81.